The van der Waals surface area contributed by atoms with Crippen molar-refractivity contribution in [2.45, 2.75) is 69.1 Å². The fraction of sp³-hybridized carbons (Fsp3) is 0.591. The smallest absolute Gasteiger partial charge is 0.138 e. The molecule has 23 heavy (non-hydrogen) atoms. The summed E-state index contributed by atoms with van der Waals surface area (Å²) in [6.07, 6.45) is 15.6. The van der Waals surface area contributed by atoms with Gasteiger partial charge in [-0.15, -0.1) is 0 Å². The highest BCUT2D eigenvalue weighted by molar-refractivity contribution is 5.85. The molecular weight excluding hydrogens is 280 g/mol. The zero-order chi connectivity index (χ0) is 15.4. The summed E-state index contributed by atoms with van der Waals surface area (Å²) in [6, 6.07) is 7.24. The normalized spacial score (nSPS) is 35.9. The molecule has 0 aromatic heterocycles. The molecule has 0 heterocycles. The molecule has 4 aliphatic rings. The van der Waals surface area contributed by atoms with Crippen LogP contribution in [0, 0.1) is 11.8 Å². The SMILES string of the molecule is O=C1Cc2cc(C3CCCCC3)ccc2C2(C1)CC1C=CC2C1. The predicted molar refractivity (Wildman–Crippen MR) is 92.6 cm³/mol. The summed E-state index contributed by atoms with van der Waals surface area (Å²) in [6.45, 7) is 0. The number of Topliss-reactive ketones (excluding diaryl/α,β-unsaturated/α-hetero) is 1. The molecule has 2 saturated carbocycles. The van der Waals surface area contributed by atoms with E-state index in [4.69, 9.17) is 0 Å². The van der Waals surface area contributed by atoms with Crippen LogP contribution in [0.5, 0.6) is 0 Å². The minimum atomic E-state index is 0.148. The molecule has 4 aliphatic carbocycles. The van der Waals surface area contributed by atoms with Gasteiger partial charge in [0, 0.05) is 18.3 Å². The number of benzene rings is 1. The fourth-order valence-corrected chi connectivity index (χ4v) is 6.13. The molecule has 1 heteroatoms. The van der Waals surface area contributed by atoms with Crippen LogP contribution >= 0.6 is 0 Å². The fourth-order valence-electron chi connectivity index (χ4n) is 6.13. The molecule has 1 nitrogen and oxygen atoms in total. The first-order valence-corrected chi connectivity index (χ1v) is 9.58. The number of carbonyl (C=O) groups is 1. The van der Waals surface area contributed by atoms with Crippen molar-refractivity contribution < 1.29 is 4.79 Å². The monoisotopic (exact) mass is 306 g/mol. The lowest BCUT2D eigenvalue weighted by molar-refractivity contribution is -0.120. The number of hydrogen-bond acceptors (Lipinski definition) is 1. The summed E-state index contributed by atoms with van der Waals surface area (Å²) >= 11 is 0. The predicted octanol–water partition coefficient (Wildman–Crippen LogP) is 5.08. The lowest BCUT2D eigenvalue weighted by Gasteiger charge is -2.41. The molecule has 120 valence electrons. The summed E-state index contributed by atoms with van der Waals surface area (Å²) in [5, 5.41) is 0. The summed E-state index contributed by atoms with van der Waals surface area (Å²) in [5.74, 6) is 2.54. The minimum Gasteiger partial charge on any atom is -0.299 e. The van der Waals surface area contributed by atoms with Gasteiger partial charge in [-0.25, -0.2) is 0 Å². The number of rotatable bonds is 1. The molecule has 3 atom stereocenters. The number of allylic oxidation sites excluding steroid dienone is 2. The van der Waals surface area contributed by atoms with Crippen LogP contribution in [0.4, 0.5) is 0 Å². The van der Waals surface area contributed by atoms with Crippen molar-refractivity contribution in [3.63, 3.8) is 0 Å². The third-order valence-electron chi connectivity index (χ3n) is 7.15. The molecule has 0 saturated heterocycles. The van der Waals surface area contributed by atoms with Crippen molar-refractivity contribution in [1.82, 2.24) is 0 Å². The first kappa shape index (κ1) is 14.0. The molecule has 1 aromatic carbocycles. The Morgan fingerprint density at radius 1 is 1.04 bits per heavy atom. The Hall–Kier alpha value is -1.37. The van der Waals surface area contributed by atoms with Crippen molar-refractivity contribution in [2.24, 2.45) is 11.8 Å². The van der Waals surface area contributed by atoms with Gasteiger partial charge in [-0.1, -0.05) is 49.6 Å². The van der Waals surface area contributed by atoms with E-state index in [0.717, 1.165) is 18.3 Å². The molecule has 3 unspecified atom stereocenters. The zero-order valence-electron chi connectivity index (χ0n) is 13.9. The average Bonchev–Trinajstić information content (AvgIpc) is 3.16. The first-order chi connectivity index (χ1) is 11.2. The molecule has 0 aliphatic heterocycles. The largest absolute Gasteiger partial charge is 0.299 e. The van der Waals surface area contributed by atoms with E-state index >= 15 is 0 Å². The first-order valence-electron chi connectivity index (χ1n) is 9.58. The van der Waals surface area contributed by atoms with Crippen LogP contribution in [-0.2, 0) is 16.6 Å². The van der Waals surface area contributed by atoms with Gasteiger partial charge in [0.2, 0.25) is 0 Å². The summed E-state index contributed by atoms with van der Waals surface area (Å²) < 4.78 is 0. The highest BCUT2D eigenvalue weighted by atomic mass is 16.1. The third kappa shape index (κ3) is 2.08. The van der Waals surface area contributed by atoms with Crippen LogP contribution in [-0.4, -0.2) is 5.78 Å². The van der Waals surface area contributed by atoms with E-state index in [-0.39, 0.29) is 5.41 Å². The lowest BCUT2D eigenvalue weighted by atomic mass is 9.62. The van der Waals surface area contributed by atoms with Crippen LogP contribution in [0.3, 0.4) is 0 Å². The van der Waals surface area contributed by atoms with E-state index in [0.29, 0.717) is 18.1 Å². The highest BCUT2D eigenvalue weighted by Gasteiger charge is 2.52. The number of fused-ring (bicyclic) bond motifs is 5. The Labute approximate surface area is 139 Å². The topological polar surface area (TPSA) is 17.1 Å². The molecule has 5 rings (SSSR count). The summed E-state index contributed by atoms with van der Waals surface area (Å²) in [5.41, 5.74) is 4.54. The van der Waals surface area contributed by atoms with E-state index in [1.54, 1.807) is 0 Å². The number of ketones is 1. The van der Waals surface area contributed by atoms with Gasteiger partial charge in [0.25, 0.3) is 0 Å². The maximum Gasteiger partial charge on any atom is 0.138 e. The van der Waals surface area contributed by atoms with Crippen molar-refractivity contribution >= 4 is 5.78 Å². The average molecular weight is 306 g/mol. The van der Waals surface area contributed by atoms with Crippen molar-refractivity contribution in [3.8, 4) is 0 Å². The van der Waals surface area contributed by atoms with E-state index < -0.39 is 0 Å². The third-order valence-corrected chi connectivity index (χ3v) is 7.15. The van der Waals surface area contributed by atoms with Crippen LogP contribution in [0.25, 0.3) is 0 Å². The van der Waals surface area contributed by atoms with Crippen molar-refractivity contribution in [1.29, 1.82) is 0 Å². The van der Waals surface area contributed by atoms with Crippen LogP contribution in [0.1, 0.15) is 74.0 Å². The second-order valence-electron chi connectivity index (χ2n) is 8.49. The molecular formula is C22H26O. The highest BCUT2D eigenvalue weighted by Crippen LogP contribution is 2.57. The van der Waals surface area contributed by atoms with Gasteiger partial charge in [0.15, 0.2) is 0 Å². The van der Waals surface area contributed by atoms with E-state index in [9.17, 15) is 4.79 Å². The Kier molecular flexibility index (Phi) is 3.08. The lowest BCUT2D eigenvalue weighted by Crippen LogP contribution is -2.39. The van der Waals surface area contributed by atoms with E-state index in [1.807, 2.05) is 0 Å². The second kappa shape index (κ2) is 5.06. The van der Waals surface area contributed by atoms with Crippen LogP contribution < -0.4 is 0 Å². The molecule has 0 N–H and O–H groups in total. The number of carbonyl (C=O) groups excluding carboxylic acids is 1. The van der Waals surface area contributed by atoms with Gasteiger partial charge in [0.05, 0.1) is 0 Å². The van der Waals surface area contributed by atoms with Crippen LogP contribution in [0.15, 0.2) is 30.4 Å². The molecule has 0 radical (unpaired) electrons. The minimum absolute atomic E-state index is 0.148. The van der Waals surface area contributed by atoms with E-state index in [2.05, 4.69) is 30.4 Å². The van der Waals surface area contributed by atoms with Gasteiger partial charge < -0.3 is 0 Å². The maximum atomic E-state index is 12.5. The molecule has 0 amide bonds. The Morgan fingerprint density at radius 3 is 2.65 bits per heavy atom. The van der Waals surface area contributed by atoms with Gasteiger partial charge >= 0.3 is 0 Å². The second-order valence-corrected chi connectivity index (χ2v) is 8.49. The van der Waals surface area contributed by atoms with Gasteiger partial charge in [-0.05, 0) is 60.1 Å². The Bertz CT molecular complexity index is 679. The van der Waals surface area contributed by atoms with Gasteiger partial charge in [0.1, 0.15) is 5.78 Å². The molecule has 1 aromatic rings. The maximum absolute atomic E-state index is 12.5. The van der Waals surface area contributed by atoms with Crippen molar-refractivity contribution in [3.05, 3.63) is 47.0 Å². The van der Waals surface area contributed by atoms with Crippen molar-refractivity contribution in [2.75, 3.05) is 0 Å². The van der Waals surface area contributed by atoms with E-state index in [1.165, 1.54) is 61.6 Å². The van der Waals surface area contributed by atoms with Gasteiger partial charge in [-0.3, -0.25) is 4.79 Å². The number of hydrogen-bond donors (Lipinski definition) is 0. The molecule has 2 bridgehead atoms. The van der Waals surface area contributed by atoms with Crippen LogP contribution in [0.2, 0.25) is 0 Å². The zero-order valence-corrected chi connectivity index (χ0v) is 13.9. The van der Waals surface area contributed by atoms with Gasteiger partial charge in [-0.2, -0.15) is 0 Å². The Morgan fingerprint density at radius 2 is 1.91 bits per heavy atom. The summed E-state index contributed by atoms with van der Waals surface area (Å²) in [7, 11) is 0. The Balaban J connectivity index is 1.56. The quantitative estimate of drug-likeness (QED) is 0.661. The molecule has 1 spiro atoms. The molecule has 2 fully saturated rings. The standard InChI is InChI=1S/C22H26O/c23-20-12-18-11-17(16-4-2-1-3-5-16)7-9-21(18)22(14-20)13-15-6-8-19(22)10-15/h6-9,11,15-16,19H,1-5,10,12-14H2. The summed E-state index contributed by atoms with van der Waals surface area (Å²) in [4.78, 5) is 12.5.